The fourth-order valence-electron chi connectivity index (χ4n) is 2.70. The fraction of sp³-hybridized carbons (Fsp3) is 1.00. The summed E-state index contributed by atoms with van der Waals surface area (Å²) in [7, 11) is 0. The van der Waals surface area contributed by atoms with Crippen molar-refractivity contribution in [3.63, 3.8) is 0 Å². The quantitative estimate of drug-likeness (QED) is 0.746. The van der Waals surface area contributed by atoms with Crippen LogP contribution in [-0.2, 0) is 0 Å². The van der Waals surface area contributed by atoms with E-state index in [9.17, 15) is 0 Å². The van der Waals surface area contributed by atoms with E-state index in [1.165, 1.54) is 58.3 Å². The minimum atomic E-state index is 0.853. The van der Waals surface area contributed by atoms with Crippen molar-refractivity contribution >= 4 is 0 Å². The molecular formula is C14H28N2. The number of hydrogen-bond acceptors (Lipinski definition) is 2. The highest BCUT2D eigenvalue weighted by Gasteiger charge is 2.30. The fourth-order valence-corrected chi connectivity index (χ4v) is 2.70. The van der Waals surface area contributed by atoms with Gasteiger partial charge in [-0.05, 0) is 63.6 Å². The van der Waals surface area contributed by atoms with Crippen LogP contribution in [0, 0.1) is 11.8 Å². The Labute approximate surface area is 101 Å². The number of nitrogens with zero attached hydrogens (tertiary/aromatic N) is 1. The summed E-state index contributed by atoms with van der Waals surface area (Å²) in [4.78, 5) is 2.78. The lowest BCUT2D eigenvalue weighted by Crippen LogP contribution is -2.39. The summed E-state index contributed by atoms with van der Waals surface area (Å²) in [6.45, 7) is 9.86. The van der Waals surface area contributed by atoms with E-state index in [1.54, 1.807) is 0 Å². The molecule has 16 heavy (non-hydrogen) atoms. The van der Waals surface area contributed by atoms with Crippen LogP contribution in [-0.4, -0.2) is 37.1 Å². The Kier molecular flexibility index (Phi) is 4.66. The number of rotatable bonds is 6. The highest BCUT2D eigenvalue weighted by atomic mass is 15.2. The average molecular weight is 224 g/mol. The Morgan fingerprint density at radius 2 is 2.06 bits per heavy atom. The van der Waals surface area contributed by atoms with Crippen LogP contribution in [0.1, 0.15) is 46.0 Å². The van der Waals surface area contributed by atoms with Gasteiger partial charge >= 0.3 is 0 Å². The predicted octanol–water partition coefficient (Wildman–Crippen LogP) is 2.50. The van der Waals surface area contributed by atoms with Gasteiger partial charge in [-0.2, -0.15) is 0 Å². The third-order valence-corrected chi connectivity index (χ3v) is 3.95. The van der Waals surface area contributed by atoms with E-state index in [4.69, 9.17) is 0 Å². The highest BCUT2D eigenvalue weighted by molar-refractivity contribution is 4.86. The second kappa shape index (κ2) is 6.02. The van der Waals surface area contributed by atoms with Gasteiger partial charge in [0.05, 0.1) is 0 Å². The Morgan fingerprint density at radius 3 is 2.62 bits per heavy atom. The number of piperidine rings is 1. The van der Waals surface area contributed by atoms with E-state index in [-0.39, 0.29) is 0 Å². The molecule has 1 atom stereocenters. The van der Waals surface area contributed by atoms with Gasteiger partial charge in [-0.3, -0.25) is 0 Å². The van der Waals surface area contributed by atoms with E-state index >= 15 is 0 Å². The molecule has 2 fully saturated rings. The Morgan fingerprint density at radius 1 is 1.25 bits per heavy atom. The zero-order valence-electron chi connectivity index (χ0n) is 11.0. The molecule has 1 N–H and O–H groups in total. The Balaban J connectivity index is 1.73. The number of hydrogen-bond donors (Lipinski definition) is 1. The molecule has 2 rings (SSSR count). The molecule has 0 aromatic rings. The van der Waals surface area contributed by atoms with Crippen molar-refractivity contribution in [1.82, 2.24) is 10.2 Å². The molecule has 1 unspecified atom stereocenters. The SMILES string of the molecule is CC(C)CCN(CC1CCCNC1)C1CC1. The lowest BCUT2D eigenvalue weighted by molar-refractivity contribution is 0.191. The zero-order valence-corrected chi connectivity index (χ0v) is 11.0. The van der Waals surface area contributed by atoms with E-state index < -0.39 is 0 Å². The van der Waals surface area contributed by atoms with E-state index in [2.05, 4.69) is 24.1 Å². The van der Waals surface area contributed by atoms with Crippen molar-refractivity contribution in [2.24, 2.45) is 11.8 Å². The second-order valence-corrected chi connectivity index (χ2v) is 6.12. The summed E-state index contributed by atoms with van der Waals surface area (Å²) in [6, 6.07) is 0.945. The summed E-state index contributed by atoms with van der Waals surface area (Å²) in [6.07, 6.45) is 7.11. The molecular weight excluding hydrogens is 196 g/mol. The standard InChI is InChI=1S/C14H28N2/c1-12(2)7-9-16(14-5-6-14)11-13-4-3-8-15-10-13/h12-15H,3-11H2,1-2H3. The third-order valence-electron chi connectivity index (χ3n) is 3.95. The van der Waals surface area contributed by atoms with Crippen LogP contribution in [0.25, 0.3) is 0 Å². The number of nitrogens with one attached hydrogen (secondary N) is 1. The topological polar surface area (TPSA) is 15.3 Å². The lowest BCUT2D eigenvalue weighted by Gasteiger charge is -2.30. The Hall–Kier alpha value is -0.0800. The molecule has 0 radical (unpaired) electrons. The van der Waals surface area contributed by atoms with Gasteiger partial charge in [0, 0.05) is 12.6 Å². The predicted molar refractivity (Wildman–Crippen MR) is 69.6 cm³/mol. The monoisotopic (exact) mass is 224 g/mol. The van der Waals surface area contributed by atoms with Crippen molar-refractivity contribution in [3.05, 3.63) is 0 Å². The van der Waals surface area contributed by atoms with Crippen LogP contribution in [0.15, 0.2) is 0 Å². The maximum absolute atomic E-state index is 3.54. The van der Waals surface area contributed by atoms with Crippen LogP contribution < -0.4 is 5.32 Å². The van der Waals surface area contributed by atoms with Gasteiger partial charge in [0.2, 0.25) is 0 Å². The molecule has 1 saturated carbocycles. The van der Waals surface area contributed by atoms with Crippen LogP contribution >= 0.6 is 0 Å². The summed E-state index contributed by atoms with van der Waals surface area (Å²) in [5, 5.41) is 3.54. The smallest absolute Gasteiger partial charge is 0.00965 e. The van der Waals surface area contributed by atoms with Gasteiger partial charge in [0.15, 0.2) is 0 Å². The molecule has 2 heteroatoms. The summed E-state index contributed by atoms with van der Waals surface area (Å²) in [5.41, 5.74) is 0. The first kappa shape index (κ1) is 12.4. The van der Waals surface area contributed by atoms with Crippen molar-refractivity contribution in [1.29, 1.82) is 0 Å². The van der Waals surface area contributed by atoms with Gasteiger partial charge < -0.3 is 10.2 Å². The van der Waals surface area contributed by atoms with E-state index in [0.717, 1.165) is 17.9 Å². The van der Waals surface area contributed by atoms with Crippen molar-refractivity contribution < 1.29 is 0 Å². The summed E-state index contributed by atoms with van der Waals surface area (Å²) in [5.74, 6) is 1.77. The minimum absolute atomic E-state index is 0.853. The van der Waals surface area contributed by atoms with Crippen LogP contribution in [0.3, 0.4) is 0 Å². The van der Waals surface area contributed by atoms with Crippen molar-refractivity contribution in [3.8, 4) is 0 Å². The van der Waals surface area contributed by atoms with Crippen molar-refractivity contribution in [2.45, 2.75) is 52.0 Å². The van der Waals surface area contributed by atoms with Crippen LogP contribution in [0.4, 0.5) is 0 Å². The average Bonchev–Trinajstić information content (AvgIpc) is 3.09. The van der Waals surface area contributed by atoms with Crippen LogP contribution in [0.5, 0.6) is 0 Å². The Bertz CT molecular complexity index is 193. The molecule has 94 valence electrons. The first-order valence-corrected chi connectivity index (χ1v) is 7.20. The van der Waals surface area contributed by atoms with Gasteiger partial charge in [0.1, 0.15) is 0 Å². The largest absolute Gasteiger partial charge is 0.316 e. The lowest BCUT2D eigenvalue weighted by atomic mass is 9.98. The minimum Gasteiger partial charge on any atom is -0.316 e. The summed E-state index contributed by atoms with van der Waals surface area (Å²) < 4.78 is 0. The highest BCUT2D eigenvalue weighted by Crippen LogP contribution is 2.29. The molecule has 2 nitrogen and oxygen atoms in total. The van der Waals surface area contributed by atoms with Gasteiger partial charge in [-0.15, -0.1) is 0 Å². The van der Waals surface area contributed by atoms with E-state index in [0.29, 0.717) is 0 Å². The maximum Gasteiger partial charge on any atom is 0.00965 e. The first-order chi connectivity index (χ1) is 7.75. The van der Waals surface area contributed by atoms with Crippen LogP contribution in [0.2, 0.25) is 0 Å². The summed E-state index contributed by atoms with van der Waals surface area (Å²) >= 11 is 0. The molecule has 2 aliphatic rings. The molecule has 0 spiro atoms. The maximum atomic E-state index is 3.54. The zero-order chi connectivity index (χ0) is 11.4. The molecule has 0 aromatic carbocycles. The molecule has 0 amide bonds. The van der Waals surface area contributed by atoms with Crippen molar-refractivity contribution in [2.75, 3.05) is 26.2 Å². The second-order valence-electron chi connectivity index (χ2n) is 6.12. The third kappa shape index (κ3) is 4.06. The molecule has 1 heterocycles. The van der Waals surface area contributed by atoms with Gasteiger partial charge in [-0.25, -0.2) is 0 Å². The van der Waals surface area contributed by atoms with Gasteiger partial charge in [0.25, 0.3) is 0 Å². The first-order valence-electron chi connectivity index (χ1n) is 7.20. The molecule has 1 aliphatic heterocycles. The molecule has 1 aliphatic carbocycles. The molecule has 0 bridgehead atoms. The molecule has 0 aromatic heterocycles. The van der Waals surface area contributed by atoms with Gasteiger partial charge in [-0.1, -0.05) is 13.8 Å². The molecule has 1 saturated heterocycles. The van der Waals surface area contributed by atoms with E-state index in [1.807, 2.05) is 0 Å². The normalized spacial score (nSPS) is 26.6.